The first kappa shape index (κ1) is 15.1. The Bertz CT molecular complexity index is 644. The molecule has 0 aromatic heterocycles. The number of hydrogen-bond donors (Lipinski definition) is 2. The molecule has 0 radical (unpaired) electrons. The average Bonchev–Trinajstić information content (AvgIpc) is 2.40. The van der Waals surface area contributed by atoms with E-state index in [9.17, 15) is 8.78 Å². The van der Waals surface area contributed by atoms with E-state index in [1.807, 2.05) is 19.1 Å². The van der Waals surface area contributed by atoms with E-state index >= 15 is 0 Å². The maximum Gasteiger partial charge on any atom is 0.134 e. The summed E-state index contributed by atoms with van der Waals surface area (Å²) >= 11 is 3.41. The molecule has 0 fully saturated rings. The highest BCUT2D eigenvalue weighted by molar-refractivity contribution is 9.10. The van der Waals surface area contributed by atoms with Crippen LogP contribution in [0, 0.1) is 25.5 Å². The van der Waals surface area contributed by atoms with Gasteiger partial charge in [-0.25, -0.2) is 14.2 Å². The van der Waals surface area contributed by atoms with Crippen LogP contribution in [0.25, 0.3) is 0 Å². The van der Waals surface area contributed by atoms with Crippen LogP contribution in [-0.4, -0.2) is 0 Å². The van der Waals surface area contributed by atoms with Gasteiger partial charge in [0.25, 0.3) is 0 Å². The van der Waals surface area contributed by atoms with E-state index in [4.69, 9.17) is 5.84 Å². The third-order valence-electron chi connectivity index (χ3n) is 3.24. The van der Waals surface area contributed by atoms with Gasteiger partial charge in [0.1, 0.15) is 11.6 Å². The van der Waals surface area contributed by atoms with E-state index in [0.717, 1.165) is 10.0 Å². The summed E-state index contributed by atoms with van der Waals surface area (Å²) in [6.45, 7) is 3.53. The van der Waals surface area contributed by atoms with Gasteiger partial charge in [-0.05, 0) is 42.7 Å². The highest BCUT2D eigenvalue weighted by Crippen LogP contribution is 2.32. The smallest absolute Gasteiger partial charge is 0.134 e. The maximum atomic E-state index is 14.2. The van der Waals surface area contributed by atoms with Gasteiger partial charge >= 0.3 is 0 Å². The van der Waals surface area contributed by atoms with Crippen molar-refractivity contribution in [3.05, 3.63) is 68.7 Å². The average molecular weight is 341 g/mol. The van der Waals surface area contributed by atoms with Gasteiger partial charge in [0.05, 0.1) is 6.04 Å². The molecule has 2 aromatic carbocycles. The topological polar surface area (TPSA) is 38.0 Å². The molecule has 3 N–H and O–H groups in total. The van der Waals surface area contributed by atoms with E-state index in [0.29, 0.717) is 11.1 Å². The van der Waals surface area contributed by atoms with E-state index in [-0.39, 0.29) is 5.56 Å². The molecule has 0 saturated heterocycles. The van der Waals surface area contributed by atoms with Crippen molar-refractivity contribution >= 4 is 15.9 Å². The quantitative estimate of drug-likeness (QED) is 0.656. The predicted octanol–water partition coefficient (Wildman–Crippen LogP) is 3.90. The molecule has 2 aromatic rings. The number of hydrogen-bond acceptors (Lipinski definition) is 2. The van der Waals surface area contributed by atoms with Crippen molar-refractivity contribution < 1.29 is 8.78 Å². The number of benzene rings is 2. The molecule has 0 aliphatic heterocycles. The summed E-state index contributed by atoms with van der Waals surface area (Å²) in [5.41, 5.74) is 4.53. The van der Waals surface area contributed by atoms with Crippen molar-refractivity contribution in [3.63, 3.8) is 0 Å². The van der Waals surface area contributed by atoms with Gasteiger partial charge in [-0.2, -0.15) is 0 Å². The SMILES string of the molecule is Cc1ccc(C(NN)c2c(F)ccc(C)c2F)c(Br)c1. The molecule has 106 valence electrons. The Hall–Kier alpha value is -1.30. The minimum Gasteiger partial charge on any atom is -0.271 e. The Morgan fingerprint density at radius 1 is 1.15 bits per heavy atom. The molecule has 5 heteroatoms. The molecule has 0 spiro atoms. The summed E-state index contributed by atoms with van der Waals surface area (Å²) in [4.78, 5) is 0. The normalized spacial score (nSPS) is 12.5. The zero-order valence-corrected chi connectivity index (χ0v) is 12.8. The van der Waals surface area contributed by atoms with E-state index in [1.165, 1.54) is 12.1 Å². The minimum atomic E-state index is -0.759. The lowest BCUT2D eigenvalue weighted by atomic mass is 9.96. The van der Waals surface area contributed by atoms with Crippen molar-refractivity contribution in [2.75, 3.05) is 0 Å². The fraction of sp³-hybridized carbons (Fsp3) is 0.200. The molecule has 0 amide bonds. The Kier molecular flexibility index (Phi) is 4.52. The number of rotatable bonds is 3. The van der Waals surface area contributed by atoms with Gasteiger partial charge in [0, 0.05) is 10.0 Å². The number of nitrogens with two attached hydrogens (primary N) is 1. The fourth-order valence-electron chi connectivity index (χ4n) is 2.14. The number of hydrazine groups is 1. The summed E-state index contributed by atoms with van der Waals surface area (Å²) < 4.78 is 29.0. The molecular formula is C15H15BrF2N2. The van der Waals surface area contributed by atoms with Crippen LogP contribution in [-0.2, 0) is 0 Å². The van der Waals surface area contributed by atoms with Crippen LogP contribution in [0.3, 0.4) is 0 Å². The summed E-state index contributed by atoms with van der Waals surface area (Å²) in [6.07, 6.45) is 0. The summed E-state index contributed by atoms with van der Waals surface area (Å²) in [5.74, 6) is 4.32. The lowest BCUT2D eigenvalue weighted by Crippen LogP contribution is -2.30. The van der Waals surface area contributed by atoms with Crippen LogP contribution in [0.2, 0.25) is 0 Å². The van der Waals surface area contributed by atoms with Crippen LogP contribution < -0.4 is 11.3 Å². The Morgan fingerprint density at radius 2 is 1.85 bits per heavy atom. The summed E-state index contributed by atoms with van der Waals surface area (Å²) in [5, 5.41) is 0. The standard InChI is InChI=1S/C15H15BrF2N2/c1-8-3-5-10(11(16)7-8)15(20-19)13-12(17)6-4-9(2)14(13)18/h3-7,15,20H,19H2,1-2H3. The highest BCUT2D eigenvalue weighted by Gasteiger charge is 2.23. The van der Waals surface area contributed by atoms with Gasteiger partial charge in [-0.1, -0.05) is 34.1 Å². The monoisotopic (exact) mass is 340 g/mol. The van der Waals surface area contributed by atoms with Crippen LogP contribution in [0.1, 0.15) is 28.3 Å². The van der Waals surface area contributed by atoms with Gasteiger partial charge in [0.15, 0.2) is 0 Å². The molecule has 0 aliphatic rings. The van der Waals surface area contributed by atoms with Crippen molar-refractivity contribution in [2.24, 2.45) is 5.84 Å². The number of nitrogens with one attached hydrogen (secondary N) is 1. The molecular weight excluding hydrogens is 326 g/mol. The first-order chi connectivity index (χ1) is 9.45. The maximum absolute atomic E-state index is 14.2. The zero-order chi connectivity index (χ0) is 14.9. The Morgan fingerprint density at radius 3 is 2.45 bits per heavy atom. The minimum absolute atomic E-state index is 0.0722. The largest absolute Gasteiger partial charge is 0.271 e. The second kappa shape index (κ2) is 5.99. The molecule has 2 rings (SSSR count). The molecule has 1 unspecified atom stereocenters. The van der Waals surface area contributed by atoms with Crippen LogP contribution in [0.5, 0.6) is 0 Å². The lowest BCUT2D eigenvalue weighted by Gasteiger charge is -2.20. The first-order valence-electron chi connectivity index (χ1n) is 6.12. The predicted molar refractivity (Wildman–Crippen MR) is 79.1 cm³/mol. The first-order valence-corrected chi connectivity index (χ1v) is 6.91. The van der Waals surface area contributed by atoms with Crippen molar-refractivity contribution in [2.45, 2.75) is 19.9 Å². The third-order valence-corrected chi connectivity index (χ3v) is 3.93. The lowest BCUT2D eigenvalue weighted by molar-refractivity contribution is 0.506. The summed E-state index contributed by atoms with van der Waals surface area (Å²) in [6, 6.07) is 7.45. The van der Waals surface area contributed by atoms with Crippen LogP contribution in [0.15, 0.2) is 34.8 Å². The molecule has 1 atom stereocenters. The third kappa shape index (κ3) is 2.75. The number of halogens is 3. The van der Waals surface area contributed by atoms with Crippen LogP contribution >= 0.6 is 15.9 Å². The van der Waals surface area contributed by atoms with Gasteiger partial charge < -0.3 is 0 Å². The van der Waals surface area contributed by atoms with Crippen molar-refractivity contribution in [3.8, 4) is 0 Å². The Labute approximate surface area is 125 Å². The molecule has 0 bridgehead atoms. The number of aryl methyl sites for hydroxylation is 2. The second-order valence-corrected chi connectivity index (χ2v) is 5.57. The fourth-order valence-corrected chi connectivity index (χ4v) is 2.86. The van der Waals surface area contributed by atoms with E-state index in [1.54, 1.807) is 13.0 Å². The Balaban J connectivity index is 2.61. The second-order valence-electron chi connectivity index (χ2n) is 4.72. The van der Waals surface area contributed by atoms with E-state index in [2.05, 4.69) is 21.4 Å². The van der Waals surface area contributed by atoms with Gasteiger partial charge in [0.2, 0.25) is 0 Å². The van der Waals surface area contributed by atoms with Crippen molar-refractivity contribution in [1.29, 1.82) is 0 Å². The molecule has 0 saturated carbocycles. The zero-order valence-electron chi connectivity index (χ0n) is 11.2. The van der Waals surface area contributed by atoms with Gasteiger partial charge in [-0.15, -0.1) is 0 Å². The molecule has 0 aliphatic carbocycles. The molecule has 20 heavy (non-hydrogen) atoms. The summed E-state index contributed by atoms with van der Waals surface area (Å²) in [7, 11) is 0. The van der Waals surface area contributed by atoms with Crippen LogP contribution in [0.4, 0.5) is 8.78 Å². The van der Waals surface area contributed by atoms with E-state index < -0.39 is 17.7 Å². The van der Waals surface area contributed by atoms with Crippen molar-refractivity contribution in [1.82, 2.24) is 5.43 Å². The molecule has 2 nitrogen and oxygen atoms in total. The highest BCUT2D eigenvalue weighted by atomic mass is 79.9. The van der Waals surface area contributed by atoms with Gasteiger partial charge in [-0.3, -0.25) is 5.84 Å². The molecule has 0 heterocycles.